The van der Waals surface area contributed by atoms with E-state index in [-0.39, 0.29) is 30.7 Å². The molecule has 1 fully saturated rings. The highest BCUT2D eigenvalue weighted by Gasteiger charge is 2.22. The van der Waals surface area contributed by atoms with Gasteiger partial charge in [-0.3, -0.25) is 4.79 Å². The molecule has 1 amide bonds. The summed E-state index contributed by atoms with van der Waals surface area (Å²) in [4.78, 5) is 14.6. The zero-order valence-corrected chi connectivity index (χ0v) is 17.3. The Bertz CT molecular complexity index is 519. The van der Waals surface area contributed by atoms with Crippen LogP contribution in [0, 0.1) is 6.92 Å². The topological polar surface area (TPSA) is 75.1 Å². The summed E-state index contributed by atoms with van der Waals surface area (Å²) in [5.74, 6) is -0.125. The number of likely N-dealkylation sites (N-methyl/N-ethyl adjacent to an activating group) is 1. The lowest BCUT2D eigenvalue weighted by Gasteiger charge is -2.23. The summed E-state index contributed by atoms with van der Waals surface area (Å²) in [5, 5.41) is 14.6. The van der Waals surface area contributed by atoms with Crippen LogP contribution < -0.4 is 10.6 Å². The van der Waals surface area contributed by atoms with Gasteiger partial charge in [0.15, 0.2) is 5.69 Å². The molecular formula is C16H32Cl2N6O. The van der Waals surface area contributed by atoms with Crippen LogP contribution in [-0.2, 0) is 0 Å². The van der Waals surface area contributed by atoms with E-state index in [4.69, 9.17) is 0 Å². The molecule has 0 aliphatic carbocycles. The summed E-state index contributed by atoms with van der Waals surface area (Å²) in [6.07, 6.45) is 3.17. The molecule has 0 spiro atoms. The Morgan fingerprint density at radius 3 is 2.64 bits per heavy atom. The Kier molecular flexibility index (Phi) is 11.3. The van der Waals surface area contributed by atoms with Gasteiger partial charge in [-0.2, -0.15) is 0 Å². The van der Waals surface area contributed by atoms with Gasteiger partial charge in [-0.15, -0.1) is 29.9 Å². The highest BCUT2D eigenvalue weighted by atomic mass is 35.5. The molecule has 0 bridgehead atoms. The van der Waals surface area contributed by atoms with Gasteiger partial charge in [0.25, 0.3) is 5.91 Å². The minimum absolute atomic E-state index is 0. The molecule has 0 saturated carbocycles. The smallest absolute Gasteiger partial charge is 0.273 e. The molecular weight excluding hydrogens is 363 g/mol. The maximum absolute atomic E-state index is 12.3. The first-order chi connectivity index (χ1) is 11.0. The normalized spacial score (nSPS) is 16.0. The molecule has 2 N–H and O–H groups in total. The number of nitrogens with zero attached hydrogens (tertiary/aromatic N) is 4. The first kappa shape index (κ1) is 24.1. The predicted molar refractivity (Wildman–Crippen MR) is 105 cm³/mol. The van der Waals surface area contributed by atoms with Crippen LogP contribution in [0.15, 0.2) is 0 Å². The number of rotatable bonds is 7. The van der Waals surface area contributed by atoms with Crippen molar-refractivity contribution in [3.63, 3.8) is 0 Å². The number of carbonyl (C=O) groups is 1. The number of hydrogen-bond donors (Lipinski definition) is 2. The second-order valence-corrected chi connectivity index (χ2v) is 6.44. The Balaban J connectivity index is 0.00000288. The molecule has 2 heterocycles. The van der Waals surface area contributed by atoms with Crippen molar-refractivity contribution in [1.29, 1.82) is 0 Å². The van der Waals surface area contributed by atoms with Crippen molar-refractivity contribution in [3.8, 4) is 0 Å². The van der Waals surface area contributed by atoms with Gasteiger partial charge < -0.3 is 15.5 Å². The standard InChI is InChI=1S/C16H30N6O.2ClH/c1-5-12(2)21(4)11-10-18-16(23)15-13(3)22(20-19-15)14-6-8-17-9-7-14;;/h12,14,17H,5-11H2,1-4H3,(H,18,23);2*1H. The predicted octanol–water partition coefficient (Wildman–Crippen LogP) is 1.81. The number of halogens is 2. The van der Waals surface area contributed by atoms with Crippen molar-refractivity contribution in [2.75, 3.05) is 33.2 Å². The highest BCUT2D eigenvalue weighted by Crippen LogP contribution is 2.20. The van der Waals surface area contributed by atoms with Gasteiger partial charge >= 0.3 is 0 Å². The van der Waals surface area contributed by atoms with Crippen LogP contribution in [-0.4, -0.2) is 65.1 Å². The Labute approximate surface area is 163 Å². The third kappa shape index (κ3) is 6.40. The zero-order chi connectivity index (χ0) is 16.8. The highest BCUT2D eigenvalue weighted by molar-refractivity contribution is 5.93. The van der Waals surface area contributed by atoms with Crippen molar-refractivity contribution in [3.05, 3.63) is 11.4 Å². The molecule has 25 heavy (non-hydrogen) atoms. The molecule has 0 aromatic carbocycles. The van der Waals surface area contributed by atoms with Gasteiger partial charge in [-0.05, 0) is 53.2 Å². The molecule has 146 valence electrons. The third-order valence-electron chi connectivity index (χ3n) is 4.89. The number of piperidine rings is 1. The first-order valence-corrected chi connectivity index (χ1v) is 8.65. The number of aromatic nitrogens is 3. The van der Waals surface area contributed by atoms with Crippen molar-refractivity contribution in [2.45, 2.75) is 52.1 Å². The largest absolute Gasteiger partial charge is 0.349 e. The average molecular weight is 395 g/mol. The maximum Gasteiger partial charge on any atom is 0.273 e. The van der Waals surface area contributed by atoms with Crippen LogP contribution in [0.3, 0.4) is 0 Å². The fourth-order valence-electron chi connectivity index (χ4n) is 2.91. The van der Waals surface area contributed by atoms with Crippen LogP contribution >= 0.6 is 24.8 Å². The molecule has 1 atom stereocenters. The summed E-state index contributed by atoms with van der Waals surface area (Å²) in [6, 6.07) is 0.872. The van der Waals surface area contributed by atoms with E-state index in [9.17, 15) is 4.79 Å². The third-order valence-corrected chi connectivity index (χ3v) is 4.89. The minimum atomic E-state index is -0.125. The van der Waals surface area contributed by atoms with Gasteiger partial charge in [-0.1, -0.05) is 12.1 Å². The minimum Gasteiger partial charge on any atom is -0.349 e. The summed E-state index contributed by atoms with van der Waals surface area (Å²) >= 11 is 0. The second kappa shape index (κ2) is 11.7. The van der Waals surface area contributed by atoms with E-state index in [1.807, 2.05) is 11.6 Å². The first-order valence-electron chi connectivity index (χ1n) is 8.65. The number of amides is 1. The number of nitrogens with one attached hydrogen (secondary N) is 2. The van der Waals surface area contributed by atoms with E-state index >= 15 is 0 Å². The average Bonchev–Trinajstić information content (AvgIpc) is 2.96. The molecule has 2 rings (SSSR count). The lowest BCUT2D eigenvalue weighted by atomic mass is 10.1. The van der Waals surface area contributed by atoms with Gasteiger partial charge in [-0.25, -0.2) is 4.68 Å². The zero-order valence-electron chi connectivity index (χ0n) is 15.6. The molecule has 1 saturated heterocycles. The van der Waals surface area contributed by atoms with Crippen LogP contribution in [0.2, 0.25) is 0 Å². The van der Waals surface area contributed by atoms with E-state index in [1.54, 1.807) is 0 Å². The molecule has 1 unspecified atom stereocenters. The van der Waals surface area contributed by atoms with E-state index in [2.05, 4.69) is 46.7 Å². The lowest BCUT2D eigenvalue weighted by Crippen LogP contribution is -2.37. The maximum atomic E-state index is 12.3. The van der Waals surface area contributed by atoms with Gasteiger partial charge in [0, 0.05) is 19.1 Å². The summed E-state index contributed by atoms with van der Waals surface area (Å²) in [7, 11) is 2.08. The van der Waals surface area contributed by atoms with Crippen molar-refractivity contribution < 1.29 is 4.79 Å². The van der Waals surface area contributed by atoms with Crippen LogP contribution in [0.1, 0.15) is 55.3 Å². The Morgan fingerprint density at radius 1 is 1.40 bits per heavy atom. The van der Waals surface area contributed by atoms with Gasteiger partial charge in [0.1, 0.15) is 0 Å². The quantitative estimate of drug-likeness (QED) is 0.737. The summed E-state index contributed by atoms with van der Waals surface area (Å²) in [5.41, 5.74) is 1.32. The second-order valence-electron chi connectivity index (χ2n) is 6.44. The van der Waals surface area contributed by atoms with Gasteiger partial charge in [0.2, 0.25) is 0 Å². The SMILES string of the molecule is CCC(C)N(C)CCNC(=O)c1nnn(C2CCNCC2)c1C.Cl.Cl. The Morgan fingerprint density at radius 2 is 2.04 bits per heavy atom. The van der Waals surface area contributed by atoms with Crippen molar-refractivity contribution in [2.24, 2.45) is 0 Å². The van der Waals surface area contributed by atoms with E-state index in [0.717, 1.165) is 44.6 Å². The lowest BCUT2D eigenvalue weighted by molar-refractivity contribution is 0.0941. The fraction of sp³-hybridized carbons (Fsp3) is 0.812. The van der Waals surface area contributed by atoms with E-state index in [0.29, 0.717) is 24.3 Å². The van der Waals surface area contributed by atoms with Crippen molar-refractivity contribution >= 4 is 30.7 Å². The fourth-order valence-corrected chi connectivity index (χ4v) is 2.91. The van der Waals surface area contributed by atoms with Crippen LogP contribution in [0.4, 0.5) is 0 Å². The molecule has 1 aromatic rings. The number of carbonyl (C=O) groups excluding carboxylic acids is 1. The van der Waals surface area contributed by atoms with Gasteiger partial charge in [0.05, 0.1) is 11.7 Å². The van der Waals surface area contributed by atoms with Crippen LogP contribution in [0.5, 0.6) is 0 Å². The summed E-state index contributed by atoms with van der Waals surface area (Å²) in [6.45, 7) is 9.74. The summed E-state index contributed by atoms with van der Waals surface area (Å²) < 4.78 is 1.92. The molecule has 1 aliphatic heterocycles. The van der Waals surface area contributed by atoms with E-state index < -0.39 is 0 Å². The Hall–Kier alpha value is -0.890. The molecule has 1 aliphatic rings. The van der Waals surface area contributed by atoms with Crippen LogP contribution in [0.25, 0.3) is 0 Å². The van der Waals surface area contributed by atoms with Crippen molar-refractivity contribution in [1.82, 2.24) is 30.5 Å². The molecule has 0 radical (unpaired) electrons. The molecule has 7 nitrogen and oxygen atoms in total. The molecule has 1 aromatic heterocycles. The monoisotopic (exact) mass is 394 g/mol. The van der Waals surface area contributed by atoms with E-state index in [1.165, 1.54) is 0 Å². The number of hydrogen-bond acceptors (Lipinski definition) is 5. The molecule has 9 heteroatoms.